The predicted octanol–water partition coefficient (Wildman–Crippen LogP) is 2.95. The van der Waals surface area contributed by atoms with Crippen molar-refractivity contribution in [2.24, 2.45) is 5.73 Å². The molecule has 0 saturated carbocycles. The van der Waals surface area contributed by atoms with Crippen LogP contribution in [-0.4, -0.2) is 21.3 Å². The van der Waals surface area contributed by atoms with E-state index in [0.717, 1.165) is 41.2 Å². The Morgan fingerprint density at radius 2 is 2.00 bits per heavy atom. The van der Waals surface area contributed by atoms with Crippen LogP contribution in [0.1, 0.15) is 38.4 Å². The molecular weight excluding hydrogens is 286 g/mol. The third kappa shape index (κ3) is 2.44. The first-order valence-corrected chi connectivity index (χ1v) is 7.62. The van der Waals surface area contributed by atoms with E-state index in [0.29, 0.717) is 17.5 Å². The number of imidazole rings is 1. The topological polar surface area (TPSA) is 62.3 Å². The van der Waals surface area contributed by atoms with Crippen molar-refractivity contribution in [2.75, 3.05) is 6.79 Å². The Morgan fingerprint density at radius 1 is 1.33 bits per heavy atom. The summed E-state index contributed by atoms with van der Waals surface area (Å²) in [4.78, 5) is 5.26. The van der Waals surface area contributed by atoms with Crippen LogP contribution in [-0.2, 0) is 6.54 Å². The van der Waals surface area contributed by atoms with Crippen molar-refractivity contribution >= 4 is 28.2 Å². The smallest absolute Gasteiger partial charge is 0.231 e. The van der Waals surface area contributed by atoms with Gasteiger partial charge in [-0.05, 0) is 12.8 Å². The minimum absolute atomic E-state index is 0.261. The second-order valence-electron chi connectivity index (χ2n) is 5.23. The van der Waals surface area contributed by atoms with Crippen LogP contribution >= 0.6 is 12.2 Å². The molecule has 1 aromatic carbocycles. The van der Waals surface area contributed by atoms with E-state index in [4.69, 9.17) is 32.4 Å². The van der Waals surface area contributed by atoms with E-state index in [1.54, 1.807) is 0 Å². The molecule has 1 aliphatic heterocycles. The van der Waals surface area contributed by atoms with Gasteiger partial charge in [-0.2, -0.15) is 0 Å². The maximum atomic E-state index is 5.77. The zero-order valence-electron chi connectivity index (χ0n) is 12.3. The molecule has 0 unspecified atom stereocenters. The summed E-state index contributed by atoms with van der Waals surface area (Å²) in [5, 5.41) is 0. The molecule has 2 N–H and O–H groups in total. The van der Waals surface area contributed by atoms with Crippen LogP contribution < -0.4 is 15.2 Å². The van der Waals surface area contributed by atoms with Crippen LogP contribution in [0.2, 0.25) is 0 Å². The standard InChI is InChI=1S/C15H19N3O2S/c1-3-9(4-2)15-17-10-5-12-13(20-8-19-12)6-11(10)18(15)7-14(16)21/h5-6,9H,3-4,7-8H2,1-2H3,(H2,16,21). The van der Waals surface area contributed by atoms with Gasteiger partial charge in [0.1, 0.15) is 5.82 Å². The van der Waals surface area contributed by atoms with Gasteiger partial charge in [0.25, 0.3) is 0 Å². The Morgan fingerprint density at radius 3 is 2.62 bits per heavy atom. The minimum atomic E-state index is 0.261. The molecule has 2 aromatic rings. The number of fused-ring (bicyclic) bond motifs is 2. The number of aromatic nitrogens is 2. The third-order valence-electron chi connectivity index (χ3n) is 3.94. The molecule has 0 fully saturated rings. The Kier molecular flexibility index (Phi) is 3.71. The van der Waals surface area contributed by atoms with E-state index in [9.17, 15) is 0 Å². The molecule has 1 aliphatic rings. The fraction of sp³-hybridized carbons (Fsp3) is 0.467. The Hall–Kier alpha value is -1.82. The molecule has 0 amide bonds. The van der Waals surface area contributed by atoms with Gasteiger partial charge in [0.05, 0.1) is 22.6 Å². The summed E-state index contributed by atoms with van der Waals surface area (Å²) in [5.74, 6) is 2.93. The summed E-state index contributed by atoms with van der Waals surface area (Å²) in [6.45, 7) is 5.10. The van der Waals surface area contributed by atoms with Gasteiger partial charge in [0.15, 0.2) is 11.5 Å². The number of rotatable bonds is 5. The number of hydrogen-bond donors (Lipinski definition) is 1. The van der Waals surface area contributed by atoms with Crippen LogP contribution in [0.4, 0.5) is 0 Å². The van der Waals surface area contributed by atoms with Crippen LogP contribution in [0.3, 0.4) is 0 Å². The summed E-state index contributed by atoms with van der Waals surface area (Å²) < 4.78 is 13.0. The highest BCUT2D eigenvalue weighted by molar-refractivity contribution is 7.80. The lowest BCUT2D eigenvalue weighted by Gasteiger charge is -2.15. The van der Waals surface area contributed by atoms with Gasteiger partial charge >= 0.3 is 0 Å². The highest BCUT2D eigenvalue weighted by Gasteiger charge is 2.22. The van der Waals surface area contributed by atoms with Gasteiger partial charge in [0.2, 0.25) is 6.79 Å². The fourth-order valence-electron chi connectivity index (χ4n) is 2.82. The lowest BCUT2D eigenvalue weighted by Crippen LogP contribution is -2.19. The van der Waals surface area contributed by atoms with E-state index in [1.165, 1.54) is 0 Å². The molecule has 21 heavy (non-hydrogen) atoms. The monoisotopic (exact) mass is 305 g/mol. The fourth-order valence-corrected chi connectivity index (χ4v) is 2.95. The number of thiocarbonyl (C=S) groups is 1. The summed E-state index contributed by atoms with van der Waals surface area (Å²) in [5.41, 5.74) is 7.66. The van der Waals surface area contributed by atoms with Gasteiger partial charge in [-0.3, -0.25) is 0 Å². The number of nitrogens with zero attached hydrogens (tertiary/aromatic N) is 2. The van der Waals surface area contributed by atoms with Crippen LogP contribution in [0.25, 0.3) is 11.0 Å². The van der Waals surface area contributed by atoms with Crippen LogP contribution in [0, 0.1) is 0 Å². The van der Waals surface area contributed by atoms with Crippen LogP contribution in [0.5, 0.6) is 11.5 Å². The predicted molar refractivity (Wildman–Crippen MR) is 86.0 cm³/mol. The molecule has 3 rings (SSSR count). The summed E-state index contributed by atoms with van der Waals surface area (Å²) in [6, 6.07) is 3.90. The van der Waals surface area contributed by atoms with Crippen molar-refractivity contribution in [1.82, 2.24) is 9.55 Å². The van der Waals surface area contributed by atoms with Crippen molar-refractivity contribution in [2.45, 2.75) is 39.2 Å². The molecule has 0 radical (unpaired) electrons. The zero-order chi connectivity index (χ0) is 15.0. The number of nitrogens with two attached hydrogens (primary N) is 1. The normalized spacial score (nSPS) is 13.3. The first kappa shape index (κ1) is 14.1. The van der Waals surface area contributed by atoms with Gasteiger partial charge < -0.3 is 19.8 Å². The van der Waals surface area contributed by atoms with Crippen molar-refractivity contribution in [1.29, 1.82) is 0 Å². The SMILES string of the molecule is CCC(CC)c1nc2cc3c(cc2n1CC(N)=S)OCO3. The van der Waals surface area contributed by atoms with E-state index in [2.05, 4.69) is 18.4 Å². The molecule has 0 bridgehead atoms. The highest BCUT2D eigenvalue weighted by atomic mass is 32.1. The average molecular weight is 305 g/mol. The minimum Gasteiger partial charge on any atom is -0.454 e. The van der Waals surface area contributed by atoms with Crippen molar-refractivity contribution in [3.63, 3.8) is 0 Å². The van der Waals surface area contributed by atoms with Gasteiger partial charge in [0, 0.05) is 18.1 Å². The Balaban J connectivity index is 2.19. The molecule has 0 spiro atoms. The van der Waals surface area contributed by atoms with Gasteiger partial charge in [-0.15, -0.1) is 0 Å². The van der Waals surface area contributed by atoms with Crippen molar-refractivity contribution in [3.05, 3.63) is 18.0 Å². The summed E-state index contributed by atoms with van der Waals surface area (Å²) in [6.07, 6.45) is 2.06. The molecule has 2 heterocycles. The second kappa shape index (κ2) is 5.52. The van der Waals surface area contributed by atoms with Crippen LogP contribution in [0.15, 0.2) is 12.1 Å². The molecule has 0 saturated heterocycles. The maximum absolute atomic E-state index is 5.77. The molecular formula is C15H19N3O2S. The lowest BCUT2D eigenvalue weighted by molar-refractivity contribution is 0.174. The van der Waals surface area contributed by atoms with E-state index < -0.39 is 0 Å². The molecule has 6 heteroatoms. The molecule has 1 aromatic heterocycles. The molecule has 112 valence electrons. The van der Waals surface area contributed by atoms with Gasteiger partial charge in [-0.25, -0.2) is 4.98 Å². The number of hydrogen-bond acceptors (Lipinski definition) is 4. The van der Waals surface area contributed by atoms with Gasteiger partial charge in [-0.1, -0.05) is 26.1 Å². The molecule has 5 nitrogen and oxygen atoms in total. The summed E-state index contributed by atoms with van der Waals surface area (Å²) in [7, 11) is 0. The first-order chi connectivity index (χ1) is 10.1. The second-order valence-corrected chi connectivity index (χ2v) is 5.75. The number of benzene rings is 1. The van der Waals surface area contributed by atoms with E-state index >= 15 is 0 Å². The lowest BCUT2D eigenvalue weighted by atomic mass is 10.0. The Labute approximate surface area is 129 Å². The quantitative estimate of drug-likeness (QED) is 0.861. The third-order valence-corrected chi connectivity index (χ3v) is 4.07. The van der Waals surface area contributed by atoms with Crippen molar-refractivity contribution in [3.8, 4) is 11.5 Å². The maximum Gasteiger partial charge on any atom is 0.231 e. The highest BCUT2D eigenvalue weighted by Crippen LogP contribution is 2.37. The average Bonchev–Trinajstić information content (AvgIpc) is 3.03. The summed E-state index contributed by atoms with van der Waals surface area (Å²) >= 11 is 5.10. The van der Waals surface area contributed by atoms with Crippen molar-refractivity contribution < 1.29 is 9.47 Å². The first-order valence-electron chi connectivity index (χ1n) is 7.22. The molecule has 0 atom stereocenters. The Bertz CT molecular complexity index is 692. The van der Waals surface area contributed by atoms with E-state index in [-0.39, 0.29) is 6.79 Å². The largest absolute Gasteiger partial charge is 0.454 e. The van der Waals surface area contributed by atoms with E-state index in [1.807, 2.05) is 12.1 Å². The zero-order valence-corrected chi connectivity index (χ0v) is 13.1. The number of ether oxygens (including phenoxy) is 2. The molecule has 0 aliphatic carbocycles.